The summed E-state index contributed by atoms with van der Waals surface area (Å²) in [6, 6.07) is 15.8. The molecule has 24 heavy (non-hydrogen) atoms. The summed E-state index contributed by atoms with van der Waals surface area (Å²) < 4.78 is 11.6. The van der Waals surface area contributed by atoms with Crippen molar-refractivity contribution in [2.24, 2.45) is 0 Å². The number of nitrogens with one attached hydrogen (secondary N) is 1. The maximum Gasteiger partial charge on any atom is 0.262 e. The summed E-state index contributed by atoms with van der Waals surface area (Å²) in [5, 5.41) is 2.65. The van der Waals surface area contributed by atoms with Crippen LogP contribution in [0.25, 0.3) is 0 Å². The van der Waals surface area contributed by atoms with Crippen molar-refractivity contribution in [1.82, 2.24) is 5.32 Å². The number of aryl methyl sites for hydroxylation is 1. The predicted molar refractivity (Wildman–Crippen MR) is 93.8 cm³/mol. The van der Waals surface area contributed by atoms with Gasteiger partial charge in [-0.15, -0.1) is 0 Å². The van der Waals surface area contributed by atoms with E-state index in [-0.39, 0.29) is 5.91 Å². The standard InChI is InChI=1S/C19H22N2O3/c1-14-6-5-7-15(12-14)23-11-10-21-13-18(19(22)20-2)24-17-9-4-3-8-16(17)21/h3-9,12,18H,10-11,13H2,1-2H3,(H,20,22)/t18-/m0/s1. The largest absolute Gasteiger partial charge is 0.492 e. The summed E-state index contributed by atoms with van der Waals surface area (Å²) >= 11 is 0. The smallest absolute Gasteiger partial charge is 0.262 e. The number of nitrogens with zero attached hydrogens (tertiary/aromatic N) is 1. The Hall–Kier alpha value is -2.69. The van der Waals surface area contributed by atoms with Crippen molar-refractivity contribution in [1.29, 1.82) is 0 Å². The number of likely N-dealkylation sites (N-methyl/N-ethyl adjacent to an activating group) is 1. The first kappa shape index (κ1) is 16.2. The molecule has 0 fully saturated rings. The molecule has 1 amide bonds. The van der Waals surface area contributed by atoms with Crippen molar-refractivity contribution in [3.8, 4) is 11.5 Å². The fourth-order valence-corrected chi connectivity index (χ4v) is 2.80. The van der Waals surface area contributed by atoms with Gasteiger partial charge in [-0.2, -0.15) is 0 Å². The number of amides is 1. The molecular weight excluding hydrogens is 304 g/mol. The van der Waals surface area contributed by atoms with E-state index >= 15 is 0 Å². The molecule has 2 aromatic carbocycles. The molecule has 3 rings (SSSR count). The lowest BCUT2D eigenvalue weighted by Gasteiger charge is -2.35. The average Bonchev–Trinajstić information content (AvgIpc) is 2.61. The van der Waals surface area contributed by atoms with Gasteiger partial charge in [-0.1, -0.05) is 24.3 Å². The first-order valence-electron chi connectivity index (χ1n) is 8.09. The second kappa shape index (κ2) is 7.25. The molecule has 1 N–H and O–H groups in total. The van der Waals surface area contributed by atoms with Crippen molar-refractivity contribution in [3.63, 3.8) is 0 Å². The van der Waals surface area contributed by atoms with Crippen LogP contribution in [0.4, 0.5) is 5.69 Å². The van der Waals surface area contributed by atoms with Crippen LogP contribution in [0.1, 0.15) is 5.56 Å². The van der Waals surface area contributed by atoms with Gasteiger partial charge in [-0.3, -0.25) is 4.79 Å². The molecule has 0 bridgehead atoms. The van der Waals surface area contributed by atoms with E-state index in [0.717, 1.165) is 17.2 Å². The van der Waals surface area contributed by atoms with Crippen molar-refractivity contribution in [3.05, 3.63) is 54.1 Å². The van der Waals surface area contributed by atoms with Gasteiger partial charge < -0.3 is 19.7 Å². The van der Waals surface area contributed by atoms with E-state index < -0.39 is 6.10 Å². The molecule has 2 aromatic rings. The molecule has 1 heterocycles. The molecule has 1 aliphatic rings. The molecule has 5 heteroatoms. The van der Waals surface area contributed by atoms with Crippen LogP contribution in [-0.4, -0.2) is 38.8 Å². The molecule has 0 unspecified atom stereocenters. The molecule has 0 aliphatic carbocycles. The lowest BCUT2D eigenvalue weighted by molar-refractivity contribution is -0.127. The van der Waals surface area contributed by atoms with Crippen molar-refractivity contribution in [2.45, 2.75) is 13.0 Å². The highest BCUT2D eigenvalue weighted by Crippen LogP contribution is 2.32. The monoisotopic (exact) mass is 326 g/mol. The van der Waals surface area contributed by atoms with Crippen LogP contribution >= 0.6 is 0 Å². The number of anilines is 1. The zero-order valence-electron chi connectivity index (χ0n) is 14.0. The van der Waals surface area contributed by atoms with Crippen LogP contribution in [0.3, 0.4) is 0 Å². The minimum atomic E-state index is -0.510. The van der Waals surface area contributed by atoms with E-state index in [0.29, 0.717) is 19.7 Å². The van der Waals surface area contributed by atoms with Crippen LogP contribution in [0, 0.1) is 6.92 Å². The zero-order chi connectivity index (χ0) is 16.9. The summed E-state index contributed by atoms with van der Waals surface area (Å²) in [6.45, 7) is 3.77. The Morgan fingerprint density at radius 2 is 2.12 bits per heavy atom. The second-order valence-electron chi connectivity index (χ2n) is 5.80. The summed E-state index contributed by atoms with van der Waals surface area (Å²) in [5.41, 5.74) is 2.16. The first-order chi connectivity index (χ1) is 11.7. The minimum Gasteiger partial charge on any atom is -0.492 e. The third kappa shape index (κ3) is 3.62. The summed E-state index contributed by atoms with van der Waals surface area (Å²) in [7, 11) is 1.62. The van der Waals surface area contributed by atoms with Crippen LogP contribution < -0.4 is 19.7 Å². The highest BCUT2D eigenvalue weighted by Gasteiger charge is 2.29. The molecule has 126 valence electrons. The van der Waals surface area contributed by atoms with Crippen LogP contribution in [-0.2, 0) is 4.79 Å². The molecule has 1 aliphatic heterocycles. The minimum absolute atomic E-state index is 0.117. The zero-order valence-corrected chi connectivity index (χ0v) is 14.0. The predicted octanol–water partition coefficient (Wildman–Crippen LogP) is 2.39. The average molecular weight is 326 g/mol. The fourth-order valence-electron chi connectivity index (χ4n) is 2.80. The van der Waals surface area contributed by atoms with E-state index in [1.165, 1.54) is 5.56 Å². The first-order valence-corrected chi connectivity index (χ1v) is 8.09. The highest BCUT2D eigenvalue weighted by molar-refractivity contribution is 5.83. The normalized spacial score (nSPS) is 16.1. The number of hydrogen-bond donors (Lipinski definition) is 1. The van der Waals surface area contributed by atoms with Gasteiger partial charge in [0.2, 0.25) is 0 Å². The van der Waals surface area contributed by atoms with Gasteiger partial charge in [0.1, 0.15) is 18.1 Å². The van der Waals surface area contributed by atoms with E-state index in [1.54, 1.807) is 7.05 Å². The van der Waals surface area contributed by atoms with E-state index in [9.17, 15) is 4.79 Å². The summed E-state index contributed by atoms with van der Waals surface area (Å²) in [5.74, 6) is 1.47. The Bertz CT molecular complexity index is 717. The number of para-hydroxylation sites is 2. The maximum absolute atomic E-state index is 12.0. The van der Waals surface area contributed by atoms with Crippen LogP contribution in [0.15, 0.2) is 48.5 Å². The lowest BCUT2D eigenvalue weighted by Crippen LogP contribution is -2.49. The topological polar surface area (TPSA) is 50.8 Å². The Kier molecular flexibility index (Phi) is 4.89. The Morgan fingerprint density at radius 1 is 1.29 bits per heavy atom. The van der Waals surface area contributed by atoms with Crippen LogP contribution in [0.5, 0.6) is 11.5 Å². The third-order valence-corrected chi connectivity index (χ3v) is 4.02. The number of benzene rings is 2. The maximum atomic E-state index is 12.0. The molecule has 0 saturated heterocycles. The van der Waals surface area contributed by atoms with Gasteiger partial charge in [0.05, 0.1) is 18.8 Å². The highest BCUT2D eigenvalue weighted by atomic mass is 16.5. The lowest BCUT2D eigenvalue weighted by atomic mass is 10.2. The Morgan fingerprint density at radius 3 is 2.92 bits per heavy atom. The SMILES string of the molecule is CNC(=O)[C@@H]1CN(CCOc2cccc(C)c2)c2ccccc2O1. The molecule has 1 atom stereocenters. The molecule has 0 saturated carbocycles. The number of ether oxygens (including phenoxy) is 2. The fraction of sp³-hybridized carbons (Fsp3) is 0.316. The van der Waals surface area contributed by atoms with E-state index in [1.807, 2.05) is 55.5 Å². The molecule has 0 aromatic heterocycles. The number of fused-ring (bicyclic) bond motifs is 1. The molecule has 0 spiro atoms. The number of carbonyl (C=O) groups is 1. The Labute approximate surface area is 142 Å². The molecule has 5 nitrogen and oxygen atoms in total. The van der Waals surface area contributed by atoms with Gasteiger partial charge in [-0.05, 0) is 36.8 Å². The summed E-state index contributed by atoms with van der Waals surface area (Å²) in [6.07, 6.45) is -0.510. The van der Waals surface area contributed by atoms with Crippen molar-refractivity contribution in [2.75, 3.05) is 31.6 Å². The summed E-state index contributed by atoms with van der Waals surface area (Å²) in [4.78, 5) is 14.1. The number of hydrogen-bond acceptors (Lipinski definition) is 4. The Balaban J connectivity index is 1.68. The molecule has 0 radical (unpaired) electrons. The van der Waals surface area contributed by atoms with Gasteiger partial charge in [0.15, 0.2) is 6.10 Å². The van der Waals surface area contributed by atoms with Gasteiger partial charge in [0, 0.05) is 7.05 Å². The van der Waals surface area contributed by atoms with Crippen LogP contribution in [0.2, 0.25) is 0 Å². The third-order valence-electron chi connectivity index (χ3n) is 4.02. The second-order valence-corrected chi connectivity index (χ2v) is 5.80. The van der Waals surface area contributed by atoms with Crippen molar-refractivity contribution < 1.29 is 14.3 Å². The van der Waals surface area contributed by atoms with E-state index in [2.05, 4.69) is 10.2 Å². The van der Waals surface area contributed by atoms with Crippen molar-refractivity contribution >= 4 is 11.6 Å². The van der Waals surface area contributed by atoms with Gasteiger partial charge in [-0.25, -0.2) is 0 Å². The molecular formula is C19H22N2O3. The quantitative estimate of drug-likeness (QED) is 0.917. The van der Waals surface area contributed by atoms with E-state index in [4.69, 9.17) is 9.47 Å². The number of carbonyl (C=O) groups excluding carboxylic acids is 1. The van der Waals surface area contributed by atoms with Gasteiger partial charge >= 0.3 is 0 Å². The number of rotatable bonds is 5. The van der Waals surface area contributed by atoms with Gasteiger partial charge in [0.25, 0.3) is 5.91 Å².